The van der Waals surface area contributed by atoms with Crippen LogP contribution < -0.4 is 5.32 Å². The lowest BCUT2D eigenvalue weighted by molar-refractivity contribution is 0.367. The van der Waals surface area contributed by atoms with Gasteiger partial charge in [0.2, 0.25) is 0 Å². The summed E-state index contributed by atoms with van der Waals surface area (Å²) in [5.74, 6) is 0. The van der Waals surface area contributed by atoms with Crippen molar-refractivity contribution in [1.82, 2.24) is 24.8 Å². The lowest BCUT2D eigenvalue weighted by Crippen LogP contribution is -2.25. The minimum atomic E-state index is 0.0246. The number of aryl methyl sites for hydroxylation is 1. The molecule has 0 unspecified atom stereocenters. The van der Waals surface area contributed by atoms with Crippen molar-refractivity contribution in [2.24, 2.45) is 0 Å². The van der Waals surface area contributed by atoms with E-state index in [0.717, 1.165) is 16.5 Å². The Morgan fingerprint density at radius 1 is 1.12 bits per heavy atom. The van der Waals surface area contributed by atoms with Crippen LogP contribution in [0.2, 0.25) is 0 Å². The Hall–Kier alpha value is -2.73. The minimum absolute atomic E-state index is 0.0246. The van der Waals surface area contributed by atoms with Crippen molar-refractivity contribution in [3.63, 3.8) is 0 Å². The van der Waals surface area contributed by atoms with Crippen LogP contribution in [0, 0.1) is 13.8 Å². The number of rotatable bonds is 3. The molecule has 0 aromatic carbocycles. The predicted molar refractivity (Wildman–Crippen MR) is 106 cm³/mol. The van der Waals surface area contributed by atoms with E-state index in [2.05, 4.69) is 50.7 Å². The summed E-state index contributed by atoms with van der Waals surface area (Å²) in [7, 11) is 2.04. The van der Waals surface area contributed by atoms with E-state index in [1.165, 1.54) is 17.0 Å². The summed E-state index contributed by atoms with van der Waals surface area (Å²) in [5, 5.41) is 4.18. The molecule has 0 aliphatic carbocycles. The van der Waals surface area contributed by atoms with Gasteiger partial charge in [-0.25, -0.2) is 0 Å². The van der Waals surface area contributed by atoms with E-state index < -0.39 is 0 Å². The number of nitrogens with one attached hydrogen (secondary N) is 1. The Morgan fingerprint density at radius 2 is 1.96 bits per heavy atom. The maximum absolute atomic E-state index is 5.54. The SMILES string of the molecule is Cc1cc([C@@H]2[C@@H](c3ccccn3)NC(=S)N2C)c(C)n1-c1cccnc1. The fourth-order valence-electron chi connectivity index (χ4n) is 3.82. The van der Waals surface area contributed by atoms with Gasteiger partial charge < -0.3 is 14.8 Å². The molecule has 0 bridgehead atoms. The topological polar surface area (TPSA) is 46.0 Å². The van der Waals surface area contributed by atoms with Gasteiger partial charge in [0.15, 0.2) is 5.11 Å². The molecule has 1 N–H and O–H groups in total. The Labute approximate surface area is 158 Å². The molecule has 4 rings (SSSR count). The summed E-state index contributed by atoms with van der Waals surface area (Å²) in [4.78, 5) is 11.0. The highest BCUT2D eigenvalue weighted by Crippen LogP contribution is 2.40. The molecule has 3 aromatic heterocycles. The van der Waals surface area contributed by atoms with Gasteiger partial charge in [-0.05, 0) is 62.0 Å². The zero-order valence-corrected chi connectivity index (χ0v) is 15.9. The molecule has 1 aliphatic heterocycles. The van der Waals surface area contributed by atoms with Crippen LogP contribution in [0.25, 0.3) is 5.69 Å². The van der Waals surface area contributed by atoms with Crippen LogP contribution in [0.5, 0.6) is 0 Å². The molecular formula is C20H21N5S. The van der Waals surface area contributed by atoms with E-state index in [0.29, 0.717) is 0 Å². The largest absolute Gasteiger partial charge is 0.352 e. The molecule has 4 heterocycles. The predicted octanol–water partition coefficient (Wildman–Crippen LogP) is 3.49. The van der Waals surface area contributed by atoms with E-state index in [1.54, 1.807) is 6.20 Å². The number of likely N-dealkylation sites (N-methyl/N-ethyl adjacent to an activating group) is 1. The van der Waals surface area contributed by atoms with Gasteiger partial charge >= 0.3 is 0 Å². The number of aromatic nitrogens is 3. The molecule has 0 saturated carbocycles. The monoisotopic (exact) mass is 363 g/mol. The van der Waals surface area contributed by atoms with Crippen LogP contribution in [0.4, 0.5) is 0 Å². The second-order valence-corrected chi connectivity index (χ2v) is 7.00. The molecule has 0 spiro atoms. The zero-order valence-electron chi connectivity index (χ0n) is 15.0. The van der Waals surface area contributed by atoms with Crippen LogP contribution >= 0.6 is 12.2 Å². The molecule has 132 valence electrons. The second kappa shape index (κ2) is 6.53. The lowest BCUT2D eigenvalue weighted by Gasteiger charge is -2.24. The Kier molecular flexibility index (Phi) is 4.20. The molecule has 1 aliphatic rings. The maximum atomic E-state index is 5.54. The molecule has 1 fully saturated rings. The molecule has 0 radical (unpaired) electrons. The lowest BCUT2D eigenvalue weighted by atomic mass is 9.97. The first kappa shape index (κ1) is 16.7. The van der Waals surface area contributed by atoms with Gasteiger partial charge in [0, 0.05) is 30.8 Å². The fourth-order valence-corrected chi connectivity index (χ4v) is 4.06. The highest BCUT2D eigenvalue weighted by molar-refractivity contribution is 7.80. The first-order chi connectivity index (χ1) is 12.6. The van der Waals surface area contributed by atoms with E-state index >= 15 is 0 Å². The molecule has 2 atom stereocenters. The third-order valence-electron chi connectivity index (χ3n) is 5.03. The molecule has 0 amide bonds. The fraction of sp³-hybridized carbons (Fsp3) is 0.250. The smallest absolute Gasteiger partial charge is 0.169 e. The van der Waals surface area contributed by atoms with Gasteiger partial charge in [-0.15, -0.1) is 0 Å². The van der Waals surface area contributed by atoms with E-state index in [-0.39, 0.29) is 12.1 Å². The highest BCUT2D eigenvalue weighted by Gasteiger charge is 2.39. The van der Waals surface area contributed by atoms with Gasteiger partial charge in [0.05, 0.1) is 29.7 Å². The summed E-state index contributed by atoms with van der Waals surface area (Å²) in [6, 6.07) is 12.4. The van der Waals surface area contributed by atoms with Gasteiger partial charge in [-0.2, -0.15) is 0 Å². The number of pyridine rings is 2. The normalized spacial score (nSPS) is 19.7. The third kappa shape index (κ3) is 2.66. The first-order valence-corrected chi connectivity index (χ1v) is 9.02. The summed E-state index contributed by atoms with van der Waals surface area (Å²) in [5.41, 5.74) is 5.68. The molecule has 26 heavy (non-hydrogen) atoms. The van der Waals surface area contributed by atoms with Crippen LogP contribution in [0.1, 0.15) is 34.7 Å². The van der Waals surface area contributed by atoms with Gasteiger partial charge in [0.25, 0.3) is 0 Å². The second-order valence-electron chi connectivity index (χ2n) is 6.61. The van der Waals surface area contributed by atoms with Crippen LogP contribution in [0.3, 0.4) is 0 Å². The summed E-state index contributed by atoms with van der Waals surface area (Å²) < 4.78 is 2.24. The number of thiocarbonyl (C=S) groups is 1. The number of nitrogens with zero attached hydrogens (tertiary/aromatic N) is 4. The molecule has 3 aromatic rings. The van der Waals surface area contributed by atoms with Gasteiger partial charge in [0.1, 0.15) is 0 Å². The standard InChI is InChI=1S/C20H21N5S/c1-13-11-16(14(2)25(13)15-7-6-9-21-12-15)19-18(23-20(26)24(19)3)17-8-4-5-10-22-17/h4-12,18-19H,1-3H3,(H,23,26)/t18-,19-/m1/s1. The number of hydrogen-bond acceptors (Lipinski definition) is 3. The van der Waals surface area contributed by atoms with E-state index in [4.69, 9.17) is 12.2 Å². The highest BCUT2D eigenvalue weighted by atomic mass is 32.1. The van der Waals surface area contributed by atoms with Crippen LogP contribution in [0.15, 0.2) is 55.0 Å². The average Bonchev–Trinajstić information content (AvgIpc) is 3.12. The molecular weight excluding hydrogens is 342 g/mol. The molecule has 5 nitrogen and oxygen atoms in total. The van der Waals surface area contributed by atoms with Crippen molar-refractivity contribution >= 4 is 17.3 Å². The van der Waals surface area contributed by atoms with Crippen LogP contribution in [-0.2, 0) is 0 Å². The Bertz CT molecular complexity index is 936. The average molecular weight is 363 g/mol. The van der Waals surface area contributed by atoms with Crippen LogP contribution in [-0.4, -0.2) is 31.6 Å². The van der Waals surface area contributed by atoms with E-state index in [9.17, 15) is 0 Å². The summed E-state index contributed by atoms with van der Waals surface area (Å²) in [6.07, 6.45) is 5.51. The summed E-state index contributed by atoms with van der Waals surface area (Å²) in [6.45, 7) is 4.28. The molecule has 6 heteroatoms. The minimum Gasteiger partial charge on any atom is -0.352 e. The summed E-state index contributed by atoms with van der Waals surface area (Å²) >= 11 is 5.54. The van der Waals surface area contributed by atoms with Crippen molar-refractivity contribution < 1.29 is 0 Å². The van der Waals surface area contributed by atoms with Gasteiger partial charge in [-0.3, -0.25) is 9.97 Å². The third-order valence-corrected chi connectivity index (χ3v) is 5.44. The molecule has 1 saturated heterocycles. The van der Waals surface area contributed by atoms with Crippen molar-refractivity contribution in [2.75, 3.05) is 7.05 Å². The van der Waals surface area contributed by atoms with Gasteiger partial charge in [-0.1, -0.05) is 6.07 Å². The Balaban J connectivity index is 1.82. The zero-order chi connectivity index (χ0) is 18.3. The first-order valence-electron chi connectivity index (χ1n) is 8.61. The van der Waals surface area contributed by atoms with E-state index in [1.807, 2.05) is 43.7 Å². The van der Waals surface area contributed by atoms with Crippen molar-refractivity contribution in [1.29, 1.82) is 0 Å². The Morgan fingerprint density at radius 3 is 2.65 bits per heavy atom. The maximum Gasteiger partial charge on any atom is 0.169 e. The number of hydrogen-bond donors (Lipinski definition) is 1. The van der Waals surface area contributed by atoms with Crippen molar-refractivity contribution in [3.05, 3.63) is 77.6 Å². The quantitative estimate of drug-likeness (QED) is 0.722. The van der Waals surface area contributed by atoms with Crippen molar-refractivity contribution in [3.8, 4) is 5.69 Å². The van der Waals surface area contributed by atoms with Crippen molar-refractivity contribution in [2.45, 2.75) is 25.9 Å².